The minimum atomic E-state index is -0.165. The number of ether oxygens (including phenoxy) is 1. The molecule has 0 aliphatic carbocycles. The van der Waals surface area contributed by atoms with Gasteiger partial charge >= 0.3 is 0 Å². The number of nitrogens with zero attached hydrogens (tertiary/aromatic N) is 4. The number of thiophene rings is 1. The molecule has 0 saturated heterocycles. The summed E-state index contributed by atoms with van der Waals surface area (Å²) in [4.78, 5) is 11.6. The zero-order valence-electron chi connectivity index (χ0n) is 14.7. The topological polar surface area (TPSA) is 77.5 Å². The van der Waals surface area contributed by atoms with Gasteiger partial charge in [-0.25, -0.2) is 14.5 Å². The Bertz CT molecular complexity index is 1080. The van der Waals surface area contributed by atoms with Crippen molar-refractivity contribution >= 4 is 27.2 Å². The van der Waals surface area contributed by atoms with E-state index in [1.54, 1.807) is 28.4 Å². The van der Waals surface area contributed by atoms with Crippen molar-refractivity contribution in [2.24, 2.45) is 0 Å². The summed E-state index contributed by atoms with van der Waals surface area (Å²) >= 11 is 1.70. The lowest BCUT2D eigenvalue weighted by atomic mass is 9.94. The maximum atomic E-state index is 5.95. The van der Waals surface area contributed by atoms with Crippen LogP contribution in [-0.2, 0) is 30.9 Å². The fourth-order valence-electron chi connectivity index (χ4n) is 3.37. The predicted octanol–water partition coefficient (Wildman–Crippen LogP) is 3.07. The largest absolute Gasteiger partial charge is 0.468 e. The van der Waals surface area contributed by atoms with Crippen LogP contribution in [0.1, 0.15) is 35.9 Å². The van der Waals surface area contributed by atoms with Gasteiger partial charge in [-0.1, -0.05) is 0 Å². The van der Waals surface area contributed by atoms with Gasteiger partial charge in [-0.05, 0) is 31.5 Å². The molecular formula is C18H19N5O2S. The summed E-state index contributed by atoms with van der Waals surface area (Å²) < 4.78 is 13.1. The van der Waals surface area contributed by atoms with Gasteiger partial charge in [-0.15, -0.1) is 16.4 Å². The highest BCUT2D eigenvalue weighted by Crippen LogP contribution is 2.39. The van der Waals surface area contributed by atoms with Crippen molar-refractivity contribution in [1.82, 2.24) is 24.9 Å². The molecule has 1 aliphatic rings. The van der Waals surface area contributed by atoms with Crippen LogP contribution in [0.2, 0.25) is 0 Å². The lowest BCUT2D eigenvalue weighted by Gasteiger charge is -2.30. The van der Waals surface area contributed by atoms with Crippen molar-refractivity contribution in [3.63, 3.8) is 0 Å². The van der Waals surface area contributed by atoms with E-state index in [1.807, 2.05) is 12.1 Å². The summed E-state index contributed by atoms with van der Waals surface area (Å²) in [5, 5.41) is 9.00. The molecule has 5 heterocycles. The van der Waals surface area contributed by atoms with Crippen molar-refractivity contribution < 1.29 is 9.15 Å². The van der Waals surface area contributed by atoms with Crippen LogP contribution in [-0.4, -0.2) is 25.2 Å². The number of nitrogens with one attached hydrogen (secondary N) is 1. The second-order valence-corrected chi connectivity index (χ2v) is 8.22. The number of hydrogen-bond donors (Lipinski definition) is 1. The Balaban J connectivity index is 1.49. The molecule has 0 spiro atoms. The summed E-state index contributed by atoms with van der Waals surface area (Å²) in [5.41, 5.74) is 2.02. The molecule has 7 nitrogen and oxygen atoms in total. The molecule has 0 saturated carbocycles. The van der Waals surface area contributed by atoms with Crippen LogP contribution in [0.15, 0.2) is 29.1 Å². The van der Waals surface area contributed by atoms with Crippen LogP contribution in [0.5, 0.6) is 0 Å². The molecule has 0 fully saturated rings. The van der Waals surface area contributed by atoms with Gasteiger partial charge in [-0.2, -0.15) is 0 Å². The molecule has 0 amide bonds. The van der Waals surface area contributed by atoms with E-state index in [2.05, 4.69) is 29.2 Å². The van der Waals surface area contributed by atoms with E-state index in [0.717, 1.165) is 33.9 Å². The van der Waals surface area contributed by atoms with Crippen LogP contribution in [0.3, 0.4) is 0 Å². The second-order valence-electron chi connectivity index (χ2n) is 7.13. The van der Waals surface area contributed by atoms with Crippen LogP contribution in [0, 0.1) is 0 Å². The number of aromatic nitrogens is 4. The van der Waals surface area contributed by atoms with Crippen LogP contribution in [0.25, 0.3) is 15.9 Å². The highest BCUT2D eigenvalue weighted by molar-refractivity contribution is 7.19. The highest BCUT2D eigenvalue weighted by Gasteiger charge is 2.30. The summed E-state index contributed by atoms with van der Waals surface area (Å²) in [6, 6.07) is 3.83. The van der Waals surface area contributed by atoms with Crippen molar-refractivity contribution in [3.05, 3.63) is 46.7 Å². The van der Waals surface area contributed by atoms with E-state index in [4.69, 9.17) is 14.1 Å². The molecule has 26 heavy (non-hydrogen) atoms. The molecule has 0 bridgehead atoms. The Hall–Kier alpha value is -2.29. The monoisotopic (exact) mass is 369 g/mol. The van der Waals surface area contributed by atoms with Crippen molar-refractivity contribution in [3.8, 4) is 0 Å². The van der Waals surface area contributed by atoms with Gasteiger partial charge in [0.2, 0.25) is 0 Å². The van der Waals surface area contributed by atoms with Gasteiger partial charge in [0.15, 0.2) is 11.5 Å². The van der Waals surface area contributed by atoms with Crippen molar-refractivity contribution in [1.29, 1.82) is 0 Å². The fraction of sp³-hybridized carbons (Fsp3) is 0.389. The average molecular weight is 369 g/mol. The first kappa shape index (κ1) is 15.9. The molecule has 1 N–H and O–H groups in total. The van der Waals surface area contributed by atoms with E-state index in [-0.39, 0.29) is 5.60 Å². The number of hydrogen-bond acceptors (Lipinski definition) is 7. The predicted molar refractivity (Wildman–Crippen MR) is 98.0 cm³/mol. The minimum Gasteiger partial charge on any atom is -0.468 e. The van der Waals surface area contributed by atoms with Gasteiger partial charge < -0.3 is 14.5 Å². The first-order valence-electron chi connectivity index (χ1n) is 8.61. The summed E-state index contributed by atoms with van der Waals surface area (Å²) in [6.45, 7) is 6.11. The van der Waals surface area contributed by atoms with Gasteiger partial charge in [0.1, 0.15) is 16.9 Å². The standard InChI is InChI=1S/C18H19N5O2S/c1-18(2)6-12-13(9-25-18)26-17-15(12)16-21-14(22-23(16)10-20-17)8-19-7-11-4-3-5-24-11/h3-5,10,19H,6-9H2,1-2H3. The highest BCUT2D eigenvalue weighted by atomic mass is 32.1. The lowest BCUT2D eigenvalue weighted by molar-refractivity contribution is -0.0379. The number of furan rings is 1. The van der Waals surface area contributed by atoms with Crippen LogP contribution < -0.4 is 5.32 Å². The summed E-state index contributed by atoms with van der Waals surface area (Å²) in [7, 11) is 0. The first-order chi connectivity index (χ1) is 12.6. The van der Waals surface area contributed by atoms with E-state index < -0.39 is 0 Å². The van der Waals surface area contributed by atoms with Crippen LogP contribution in [0.4, 0.5) is 0 Å². The third-order valence-corrected chi connectivity index (χ3v) is 5.73. The molecule has 4 aromatic heterocycles. The minimum absolute atomic E-state index is 0.165. The van der Waals surface area contributed by atoms with E-state index in [1.165, 1.54) is 10.4 Å². The maximum absolute atomic E-state index is 5.95. The zero-order chi connectivity index (χ0) is 17.7. The summed E-state index contributed by atoms with van der Waals surface area (Å²) in [6.07, 6.45) is 4.28. The van der Waals surface area contributed by atoms with Crippen LogP contribution >= 0.6 is 11.3 Å². The molecule has 5 rings (SSSR count). The number of fused-ring (bicyclic) bond motifs is 5. The van der Waals surface area contributed by atoms with Gasteiger partial charge in [0.05, 0.1) is 36.9 Å². The van der Waals surface area contributed by atoms with Gasteiger partial charge in [0.25, 0.3) is 0 Å². The Morgan fingerprint density at radius 3 is 3.12 bits per heavy atom. The smallest absolute Gasteiger partial charge is 0.168 e. The molecule has 4 aromatic rings. The van der Waals surface area contributed by atoms with E-state index >= 15 is 0 Å². The SMILES string of the molecule is CC1(C)Cc2c(sc3ncn4nc(CNCc5ccco5)nc4c23)CO1. The maximum Gasteiger partial charge on any atom is 0.168 e. The third kappa shape index (κ3) is 2.70. The Morgan fingerprint density at radius 2 is 2.27 bits per heavy atom. The quantitative estimate of drug-likeness (QED) is 0.596. The third-order valence-electron chi connectivity index (χ3n) is 4.61. The molecule has 0 unspecified atom stereocenters. The lowest BCUT2D eigenvalue weighted by Crippen LogP contribution is -2.31. The molecule has 0 radical (unpaired) electrons. The average Bonchev–Trinajstić information content (AvgIpc) is 3.31. The van der Waals surface area contributed by atoms with E-state index in [9.17, 15) is 0 Å². The van der Waals surface area contributed by atoms with Crippen molar-refractivity contribution in [2.75, 3.05) is 0 Å². The first-order valence-corrected chi connectivity index (χ1v) is 9.42. The van der Waals surface area contributed by atoms with E-state index in [0.29, 0.717) is 19.7 Å². The van der Waals surface area contributed by atoms with Gasteiger partial charge in [0, 0.05) is 11.3 Å². The van der Waals surface area contributed by atoms with Gasteiger partial charge in [-0.3, -0.25) is 0 Å². The molecule has 1 aliphatic heterocycles. The normalized spacial score (nSPS) is 16.4. The molecule has 0 atom stereocenters. The Morgan fingerprint density at radius 1 is 1.35 bits per heavy atom. The summed E-state index contributed by atoms with van der Waals surface area (Å²) in [5.74, 6) is 1.64. The molecular weight excluding hydrogens is 350 g/mol. The number of rotatable bonds is 4. The molecule has 0 aromatic carbocycles. The second kappa shape index (κ2) is 5.87. The molecule has 8 heteroatoms. The zero-order valence-corrected chi connectivity index (χ0v) is 15.5. The Kier molecular flexibility index (Phi) is 3.59. The molecule has 134 valence electrons. The Labute approximate surface area is 154 Å². The van der Waals surface area contributed by atoms with Crippen molar-refractivity contribution in [2.45, 2.75) is 45.6 Å². The fourth-order valence-corrected chi connectivity index (χ4v) is 4.44.